The summed E-state index contributed by atoms with van der Waals surface area (Å²) >= 11 is 0. The van der Waals surface area contributed by atoms with Gasteiger partial charge in [-0.05, 0) is 20.0 Å². The summed E-state index contributed by atoms with van der Waals surface area (Å²) in [4.78, 5) is 16.3. The van der Waals surface area contributed by atoms with Crippen molar-refractivity contribution < 1.29 is 4.79 Å². The lowest BCUT2D eigenvalue weighted by molar-refractivity contribution is -0.128. The van der Waals surface area contributed by atoms with Crippen LogP contribution in [0.5, 0.6) is 0 Å². The molecular weight excluding hydrogens is 190 g/mol. The van der Waals surface area contributed by atoms with Crippen molar-refractivity contribution in [3.63, 3.8) is 0 Å². The van der Waals surface area contributed by atoms with E-state index in [0.717, 1.165) is 51.3 Å². The van der Waals surface area contributed by atoms with Crippen molar-refractivity contribution >= 4 is 5.91 Å². The smallest absolute Gasteiger partial charge is 0.250 e. The molecule has 2 heterocycles. The van der Waals surface area contributed by atoms with Gasteiger partial charge in [0.1, 0.15) is 0 Å². The number of likely N-dealkylation sites (N-methyl/N-ethyl adjacent to an activating group) is 1. The largest absolute Gasteiger partial charge is 0.336 e. The summed E-state index contributed by atoms with van der Waals surface area (Å²) < 4.78 is 0. The van der Waals surface area contributed by atoms with E-state index >= 15 is 0 Å². The number of rotatable bonds is 1. The molecule has 0 atom stereocenters. The van der Waals surface area contributed by atoms with Crippen LogP contribution in [-0.2, 0) is 4.79 Å². The van der Waals surface area contributed by atoms with E-state index in [2.05, 4.69) is 23.3 Å². The topological polar surface area (TPSA) is 35.6 Å². The van der Waals surface area contributed by atoms with Gasteiger partial charge in [-0.15, -0.1) is 0 Å². The molecule has 0 bridgehead atoms. The van der Waals surface area contributed by atoms with Crippen molar-refractivity contribution in [3.8, 4) is 0 Å². The third-order valence-electron chi connectivity index (χ3n) is 3.09. The van der Waals surface area contributed by atoms with Gasteiger partial charge in [0.15, 0.2) is 0 Å². The average Bonchev–Trinajstić information content (AvgIpc) is 2.30. The highest BCUT2D eigenvalue weighted by Gasteiger charge is 2.22. The molecule has 1 N–H and O–H groups in total. The Morgan fingerprint density at radius 2 is 2.07 bits per heavy atom. The summed E-state index contributed by atoms with van der Waals surface area (Å²) in [5.74, 6) is 0.232. The van der Waals surface area contributed by atoms with Gasteiger partial charge in [-0.2, -0.15) is 0 Å². The monoisotopic (exact) mass is 209 g/mol. The Labute approximate surface area is 90.9 Å². The first-order valence-corrected chi connectivity index (χ1v) is 5.65. The van der Waals surface area contributed by atoms with Crippen LogP contribution < -0.4 is 5.32 Å². The Bertz CT molecular complexity index is 267. The van der Waals surface area contributed by atoms with E-state index in [0.29, 0.717) is 0 Å². The number of carbonyl (C=O) groups excluding carboxylic acids is 1. The lowest BCUT2D eigenvalue weighted by atomic mass is 10.1. The molecule has 1 fully saturated rings. The molecule has 15 heavy (non-hydrogen) atoms. The Kier molecular flexibility index (Phi) is 3.38. The molecule has 1 amide bonds. The minimum atomic E-state index is 0.232. The van der Waals surface area contributed by atoms with E-state index in [9.17, 15) is 4.79 Å². The zero-order chi connectivity index (χ0) is 10.7. The Hall–Kier alpha value is -0.870. The maximum Gasteiger partial charge on any atom is 0.250 e. The second kappa shape index (κ2) is 4.77. The summed E-state index contributed by atoms with van der Waals surface area (Å²) in [6.45, 7) is 5.46. The number of hydrogen-bond donors (Lipinski definition) is 1. The highest BCUT2D eigenvalue weighted by Crippen LogP contribution is 2.08. The fourth-order valence-electron chi connectivity index (χ4n) is 2.02. The van der Waals surface area contributed by atoms with Crippen LogP contribution in [0.3, 0.4) is 0 Å². The summed E-state index contributed by atoms with van der Waals surface area (Å²) in [6, 6.07) is 0. The van der Waals surface area contributed by atoms with E-state index in [1.807, 2.05) is 4.90 Å². The van der Waals surface area contributed by atoms with Crippen molar-refractivity contribution in [2.75, 3.05) is 46.3 Å². The van der Waals surface area contributed by atoms with Gasteiger partial charge in [-0.25, -0.2) is 0 Å². The van der Waals surface area contributed by atoms with E-state index < -0.39 is 0 Å². The lowest BCUT2D eigenvalue weighted by Crippen LogP contribution is -2.48. The fourth-order valence-corrected chi connectivity index (χ4v) is 2.02. The Morgan fingerprint density at radius 3 is 2.67 bits per heavy atom. The van der Waals surface area contributed by atoms with Crippen LogP contribution >= 0.6 is 0 Å². The minimum Gasteiger partial charge on any atom is -0.336 e. The zero-order valence-electron chi connectivity index (χ0n) is 9.33. The molecule has 1 saturated heterocycles. The first-order chi connectivity index (χ1) is 7.27. The molecule has 4 nitrogen and oxygen atoms in total. The van der Waals surface area contributed by atoms with E-state index in [-0.39, 0.29) is 5.91 Å². The van der Waals surface area contributed by atoms with E-state index in [1.165, 1.54) is 0 Å². The van der Waals surface area contributed by atoms with Crippen LogP contribution in [0.1, 0.15) is 6.42 Å². The minimum absolute atomic E-state index is 0.232. The highest BCUT2D eigenvalue weighted by atomic mass is 16.2. The predicted molar refractivity (Wildman–Crippen MR) is 59.6 cm³/mol. The molecule has 84 valence electrons. The van der Waals surface area contributed by atoms with Crippen LogP contribution in [0, 0.1) is 0 Å². The number of hydrogen-bond acceptors (Lipinski definition) is 3. The average molecular weight is 209 g/mol. The molecule has 0 aromatic heterocycles. The van der Waals surface area contributed by atoms with Gasteiger partial charge in [-0.3, -0.25) is 4.79 Å². The molecular formula is C11H19N3O. The van der Waals surface area contributed by atoms with Crippen molar-refractivity contribution in [2.24, 2.45) is 0 Å². The molecule has 0 saturated carbocycles. The SMILES string of the molecule is CN1CCN(C(=O)C2=CCCNC2)CC1. The molecule has 0 aliphatic carbocycles. The quantitative estimate of drug-likeness (QED) is 0.643. The summed E-state index contributed by atoms with van der Waals surface area (Å²) in [5, 5.41) is 3.24. The van der Waals surface area contributed by atoms with Crippen LogP contribution in [-0.4, -0.2) is 62.0 Å². The van der Waals surface area contributed by atoms with Gasteiger partial charge < -0.3 is 15.1 Å². The molecule has 2 aliphatic rings. The van der Waals surface area contributed by atoms with Crippen LogP contribution in [0.25, 0.3) is 0 Å². The standard InChI is InChI=1S/C11H19N3O/c1-13-5-7-14(8-6-13)11(15)10-3-2-4-12-9-10/h3,12H,2,4-9H2,1H3. The first kappa shape index (κ1) is 10.6. The van der Waals surface area contributed by atoms with Crippen LogP contribution in [0.2, 0.25) is 0 Å². The second-order valence-electron chi connectivity index (χ2n) is 4.29. The van der Waals surface area contributed by atoms with Gasteiger partial charge in [0, 0.05) is 38.3 Å². The molecule has 2 aliphatic heterocycles. The van der Waals surface area contributed by atoms with Gasteiger partial charge in [0.05, 0.1) is 0 Å². The third kappa shape index (κ3) is 2.58. The highest BCUT2D eigenvalue weighted by molar-refractivity contribution is 5.94. The molecule has 0 aromatic rings. The second-order valence-corrected chi connectivity index (χ2v) is 4.29. The van der Waals surface area contributed by atoms with Crippen molar-refractivity contribution in [1.82, 2.24) is 15.1 Å². The number of nitrogens with one attached hydrogen (secondary N) is 1. The molecule has 0 unspecified atom stereocenters. The van der Waals surface area contributed by atoms with Gasteiger partial charge in [0.25, 0.3) is 5.91 Å². The summed E-state index contributed by atoms with van der Waals surface area (Å²) in [6.07, 6.45) is 3.06. The van der Waals surface area contributed by atoms with E-state index in [4.69, 9.17) is 0 Å². The lowest BCUT2D eigenvalue weighted by Gasteiger charge is -2.33. The number of nitrogens with zero attached hydrogens (tertiary/aromatic N) is 2. The van der Waals surface area contributed by atoms with Crippen molar-refractivity contribution in [3.05, 3.63) is 11.6 Å². The van der Waals surface area contributed by atoms with Gasteiger partial charge in [0.2, 0.25) is 0 Å². The summed E-state index contributed by atoms with van der Waals surface area (Å²) in [7, 11) is 2.10. The third-order valence-corrected chi connectivity index (χ3v) is 3.09. The van der Waals surface area contributed by atoms with Crippen molar-refractivity contribution in [1.29, 1.82) is 0 Å². The van der Waals surface area contributed by atoms with Gasteiger partial charge in [-0.1, -0.05) is 6.08 Å². The van der Waals surface area contributed by atoms with Crippen LogP contribution in [0.15, 0.2) is 11.6 Å². The molecule has 4 heteroatoms. The molecule has 0 aromatic carbocycles. The Balaban J connectivity index is 1.92. The maximum absolute atomic E-state index is 12.1. The Morgan fingerprint density at radius 1 is 1.33 bits per heavy atom. The molecule has 0 spiro atoms. The summed E-state index contributed by atoms with van der Waals surface area (Å²) in [5.41, 5.74) is 0.950. The van der Waals surface area contributed by atoms with Crippen molar-refractivity contribution in [2.45, 2.75) is 6.42 Å². The van der Waals surface area contributed by atoms with E-state index in [1.54, 1.807) is 0 Å². The zero-order valence-corrected chi connectivity index (χ0v) is 9.33. The van der Waals surface area contributed by atoms with Crippen LogP contribution in [0.4, 0.5) is 0 Å². The molecule has 0 radical (unpaired) electrons. The number of amides is 1. The maximum atomic E-state index is 12.1. The fraction of sp³-hybridized carbons (Fsp3) is 0.727. The van der Waals surface area contributed by atoms with Gasteiger partial charge >= 0.3 is 0 Å². The predicted octanol–water partition coefficient (Wildman–Crippen LogP) is -0.320. The molecule has 2 rings (SSSR count). The first-order valence-electron chi connectivity index (χ1n) is 5.65. The normalized spacial score (nSPS) is 23.8. The number of piperazine rings is 1. The number of carbonyl (C=O) groups is 1.